The van der Waals surface area contributed by atoms with E-state index in [1.165, 1.54) is 24.3 Å². The molecule has 1 aromatic rings. The Morgan fingerprint density at radius 3 is 2.36 bits per heavy atom. The number of alkyl carbamates (subject to hydrolysis) is 1. The van der Waals surface area contributed by atoms with E-state index < -0.39 is 23.9 Å². The topological polar surface area (TPSA) is 55.4 Å². The van der Waals surface area contributed by atoms with Gasteiger partial charge in [0.2, 0.25) is 0 Å². The Morgan fingerprint density at radius 1 is 1.21 bits per heavy atom. The maximum absolute atomic E-state index is 12.5. The van der Waals surface area contributed by atoms with Crippen LogP contribution in [-0.4, -0.2) is 12.1 Å². The Labute approximate surface area is 78.7 Å². The van der Waals surface area contributed by atoms with E-state index in [0.29, 0.717) is 5.56 Å². The highest BCUT2D eigenvalue weighted by atomic mass is 19.1. The van der Waals surface area contributed by atoms with Crippen LogP contribution in [0.1, 0.15) is 11.6 Å². The van der Waals surface area contributed by atoms with E-state index in [9.17, 15) is 14.0 Å². The fourth-order valence-corrected chi connectivity index (χ4v) is 1.23. The summed E-state index contributed by atoms with van der Waals surface area (Å²) in [7, 11) is 0. The van der Waals surface area contributed by atoms with E-state index in [1.54, 1.807) is 0 Å². The third kappa shape index (κ3) is 1.44. The number of carbonyl (C=O) groups excluding carboxylic acids is 2. The van der Waals surface area contributed by atoms with Crippen molar-refractivity contribution in [3.05, 3.63) is 35.6 Å². The molecule has 1 amide bonds. The van der Waals surface area contributed by atoms with E-state index in [1.807, 2.05) is 0 Å². The number of ether oxygens (including phenoxy) is 1. The van der Waals surface area contributed by atoms with Crippen LogP contribution >= 0.6 is 0 Å². The lowest BCUT2D eigenvalue weighted by atomic mass is 10.1. The zero-order valence-electron chi connectivity index (χ0n) is 6.99. The van der Waals surface area contributed by atoms with Gasteiger partial charge in [-0.3, -0.25) is 0 Å². The lowest BCUT2D eigenvalue weighted by Crippen LogP contribution is -2.19. The Hall–Kier alpha value is -1.91. The number of hydrogen-bond donors (Lipinski definition) is 1. The van der Waals surface area contributed by atoms with Gasteiger partial charge in [0.05, 0.1) is 0 Å². The van der Waals surface area contributed by atoms with Gasteiger partial charge in [0.15, 0.2) is 6.04 Å². The van der Waals surface area contributed by atoms with Gasteiger partial charge < -0.3 is 10.1 Å². The maximum atomic E-state index is 12.5. The van der Waals surface area contributed by atoms with Crippen LogP contribution in [0, 0.1) is 5.82 Å². The number of hydrogen-bond acceptors (Lipinski definition) is 3. The van der Waals surface area contributed by atoms with Gasteiger partial charge in [0, 0.05) is 0 Å². The van der Waals surface area contributed by atoms with Crippen LogP contribution in [-0.2, 0) is 9.53 Å². The van der Waals surface area contributed by atoms with Gasteiger partial charge in [-0.1, -0.05) is 12.1 Å². The van der Waals surface area contributed by atoms with Crippen LogP contribution in [0.15, 0.2) is 24.3 Å². The molecule has 0 spiro atoms. The number of carbonyl (C=O) groups is 2. The lowest BCUT2D eigenvalue weighted by Gasteiger charge is -2.04. The van der Waals surface area contributed by atoms with Gasteiger partial charge in [-0.15, -0.1) is 0 Å². The summed E-state index contributed by atoms with van der Waals surface area (Å²) in [6, 6.07) is 4.46. The van der Waals surface area contributed by atoms with E-state index in [4.69, 9.17) is 0 Å². The first-order chi connectivity index (χ1) is 6.66. The molecule has 1 saturated heterocycles. The molecule has 2 rings (SSSR count). The van der Waals surface area contributed by atoms with Crippen molar-refractivity contribution < 1.29 is 18.7 Å². The highest BCUT2D eigenvalue weighted by Gasteiger charge is 2.33. The first-order valence-electron chi connectivity index (χ1n) is 3.94. The molecule has 1 unspecified atom stereocenters. The van der Waals surface area contributed by atoms with Gasteiger partial charge in [0.25, 0.3) is 0 Å². The quantitative estimate of drug-likeness (QED) is 0.539. The molecule has 1 heterocycles. The third-order valence-electron chi connectivity index (χ3n) is 1.89. The van der Waals surface area contributed by atoms with Crippen LogP contribution in [0.5, 0.6) is 0 Å². The van der Waals surface area contributed by atoms with Crippen LogP contribution in [0.25, 0.3) is 0 Å². The fraction of sp³-hybridized carbons (Fsp3) is 0.111. The molecule has 4 nitrogen and oxygen atoms in total. The molecule has 0 aliphatic carbocycles. The van der Waals surface area contributed by atoms with Crippen molar-refractivity contribution in [1.82, 2.24) is 5.32 Å². The van der Waals surface area contributed by atoms with Crippen molar-refractivity contribution in [3.63, 3.8) is 0 Å². The molecular weight excluding hydrogens is 189 g/mol. The molecule has 1 atom stereocenters. The second-order valence-corrected chi connectivity index (χ2v) is 2.84. The molecule has 0 aromatic heterocycles. The summed E-state index contributed by atoms with van der Waals surface area (Å²) in [6.07, 6.45) is -0.774. The molecule has 14 heavy (non-hydrogen) atoms. The van der Waals surface area contributed by atoms with E-state index in [0.717, 1.165) is 0 Å². The highest BCUT2D eigenvalue weighted by molar-refractivity contribution is 5.96. The molecule has 0 radical (unpaired) electrons. The molecule has 1 fully saturated rings. The molecule has 1 aliphatic heterocycles. The lowest BCUT2D eigenvalue weighted by molar-refractivity contribution is -0.135. The summed E-state index contributed by atoms with van der Waals surface area (Å²) in [5.41, 5.74) is 0.502. The first kappa shape index (κ1) is 8.68. The van der Waals surface area contributed by atoms with E-state index in [-0.39, 0.29) is 0 Å². The predicted molar refractivity (Wildman–Crippen MR) is 43.8 cm³/mol. The number of rotatable bonds is 1. The zero-order chi connectivity index (χ0) is 10.1. The highest BCUT2D eigenvalue weighted by Crippen LogP contribution is 2.19. The van der Waals surface area contributed by atoms with Crippen molar-refractivity contribution in [2.24, 2.45) is 0 Å². The Kier molecular flexibility index (Phi) is 1.92. The smallest absolute Gasteiger partial charge is 0.374 e. The van der Waals surface area contributed by atoms with Crippen molar-refractivity contribution in [2.75, 3.05) is 0 Å². The van der Waals surface area contributed by atoms with Gasteiger partial charge in [-0.25, -0.2) is 14.0 Å². The van der Waals surface area contributed by atoms with Crippen molar-refractivity contribution in [1.29, 1.82) is 0 Å². The molecule has 1 N–H and O–H groups in total. The standard InChI is InChI=1S/C9H6FNO3/c10-6-3-1-5(2-4-6)7-8(12)14-9(13)11-7/h1-4,7H,(H,11,13). The molecule has 5 heteroatoms. The summed E-state index contributed by atoms with van der Waals surface area (Å²) in [6.45, 7) is 0. The molecule has 1 aromatic carbocycles. The Morgan fingerprint density at radius 2 is 1.86 bits per heavy atom. The molecular formula is C9H6FNO3. The summed E-state index contributed by atoms with van der Waals surface area (Å²) >= 11 is 0. The number of amides is 1. The van der Waals surface area contributed by atoms with Crippen LogP contribution < -0.4 is 5.32 Å². The predicted octanol–water partition coefficient (Wildman–Crippen LogP) is 1.13. The van der Waals surface area contributed by atoms with Gasteiger partial charge >= 0.3 is 12.1 Å². The Balaban J connectivity index is 2.27. The normalized spacial score (nSPS) is 20.5. The second kappa shape index (κ2) is 3.10. The van der Waals surface area contributed by atoms with Crippen molar-refractivity contribution >= 4 is 12.1 Å². The average Bonchev–Trinajstić information content (AvgIpc) is 2.47. The SMILES string of the molecule is O=C1NC(c2ccc(F)cc2)C(=O)O1. The number of benzene rings is 1. The first-order valence-corrected chi connectivity index (χ1v) is 3.94. The van der Waals surface area contributed by atoms with Crippen LogP contribution in [0.4, 0.5) is 9.18 Å². The largest absolute Gasteiger partial charge is 0.415 e. The molecule has 72 valence electrons. The van der Waals surface area contributed by atoms with Crippen molar-refractivity contribution in [2.45, 2.75) is 6.04 Å². The summed E-state index contributed by atoms with van der Waals surface area (Å²) < 4.78 is 16.8. The van der Waals surface area contributed by atoms with Gasteiger partial charge in [-0.2, -0.15) is 0 Å². The Bertz CT molecular complexity index is 388. The number of halogens is 1. The minimum atomic E-state index is -0.817. The van der Waals surface area contributed by atoms with Crippen molar-refractivity contribution in [3.8, 4) is 0 Å². The maximum Gasteiger partial charge on any atom is 0.415 e. The minimum absolute atomic E-state index is 0.397. The van der Waals surface area contributed by atoms with Gasteiger partial charge in [0.1, 0.15) is 5.82 Å². The summed E-state index contributed by atoms with van der Waals surface area (Å²) in [4.78, 5) is 21.7. The molecule has 1 aliphatic rings. The molecule has 0 bridgehead atoms. The van der Waals surface area contributed by atoms with Crippen LogP contribution in [0.2, 0.25) is 0 Å². The molecule has 0 saturated carbocycles. The number of nitrogens with one attached hydrogen (secondary N) is 1. The minimum Gasteiger partial charge on any atom is -0.374 e. The summed E-state index contributed by atoms with van der Waals surface area (Å²) in [5, 5.41) is 2.31. The van der Waals surface area contributed by atoms with E-state index in [2.05, 4.69) is 10.1 Å². The van der Waals surface area contributed by atoms with Gasteiger partial charge in [-0.05, 0) is 17.7 Å². The summed E-state index contributed by atoms with van der Waals surface area (Å²) in [5.74, 6) is -1.06. The number of esters is 1. The van der Waals surface area contributed by atoms with Crippen LogP contribution in [0.3, 0.4) is 0 Å². The average molecular weight is 195 g/mol. The number of cyclic esters (lactones) is 2. The second-order valence-electron chi connectivity index (χ2n) is 2.84. The monoisotopic (exact) mass is 195 g/mol. The third-order valence-corrected chi connectivity index (χ3v) is 1.89. The zero-order valence-corrected chi connectivity index (χ0v) is 6.99. The fourth-order valence-electron chi connectivity index (χ4n) is 1.23. The van der Waals surface area contributed by atoms with E-state index >= 15 is 0 Å².